The molecule has 1 heterocycles. The van der Waals surface area contributed by atoms with Gasteiger partial charge in [0.25, 0.3) is 0 Å². The minimum atomic E-state index is -0.427. The Labute approximate surface area is 313 Å². The van der Waals surface area contributed by atoms with E-state index in [0.29, 0.717) is 0 Å². The lowest BCUT2D eigenvalue weighted by atomic mass is 9.67. The summed E-state index contributed by atoms with van der Waals surface area (Å²) < 4.78 is 0. The van der Waals surface area contributed by atoms with Crippen molar-refractivity contribution in [2.45, 2.75) is 18.3 Å². The van der Waals surface area contributed by atoms with Crippen LogP contribution in [0.3, 0.4) is 0 Å². The number of rotatable bonds is 6. The molecule has 0 N–H and O–H groups in total. The maximum atomic E-state index is 2.43. The Morgan fingerprint density at radius 3 is 2.17 bits per heavy atom. The molecule has 0 saturated heterocycles. The van der Waals surface area contributed by atoms with Gasteiger partial charge in [-0.1, -0.05) is 158 Å². The molecule has 6 aromatic carbocycles. The highest BCUT2D eigenvalue weighted by atomic mass is 15.1. The second-order valence-corrected chi connectivity index (χ2v) is 14.0. The number of hydrogen-bond acceptors (Lipinski definition) is 2. The van der Waals surface area contributed by atoms with Crippen molar-refractivity contribution in [2.75, 3.05) is 23.4 Å². The number of hydrogen-bond donors (Lipinski definition) is 0. The van der Waals surface area contributed by atoms with E-state index >= 15 is 0 Å². The molecule has 0 amide bonds. The summed E-state index contributed by atoms with van der Waals surface area (Å²) >= 11 is 0. The lowest BCUT2D eigenvalue weighted by Gasteiger charge is -2.35. The van der Waals surface area contributed by atoms with Crippen LogP contribution in [0, 0.1) is 0 Å². The number of allylic oxidation sites excluding steroid dienone is 9. The fraction of sp³-hybridized carbons (Fsp3) is 0.0980. The van der Waals surface area contributed by atoms with Crippen LogP contribution in [-0.4, -0.2) is 13.6 Å². The van der Waals surface area contributed by atoms with E-state index in [-0.39, 0.29) is 0 Å². The van der Waals surface area contributed by atoms with Gasteiger partial charge in [-0.25, -0.2) is 0 Å². The van der Waals surface area contributed by atoms with E-state index in [2.05, 4.69) is 217 Å². The van der Waals surface area contributed by atoms with Gasteiger partial charge in [0.05, 0.1) is 5.41 Å². The molecule has 6 aromatic rings. The first kappa shape index (κ1) is 32.5. The van der Waals surface area contributed by atoms with Crippen LogP contribution in [0.5, 0.6) is 0 Å². The van der Waals surface area contributed by atoms with E-state index in [0.717, 1.165) is 30.8 Å². The quantitative estimate of drug-likeness (QED) is 0.173. The van der Waals surface area contributed by atoms with Crippen molar-refractivity contribution >= 4 is 28.3 Å². The van der Waals surface area contributed by atoms with Crippen LogP contribution in [0.15, 0.2) is 206 Å². The summed E-state index contributed by atoms with van der Waals surface area (Å²) in [6.45, 7) is 0.800. The first-order chi connectivity index (χ1) is 26.2. The summed E-state index contributed by atoms with van der Waals surface area (Å²) in [4.78, 5) is 4.73. The Kier molecular flexibility index (Phi) is 8.57. The van der Waals surface area contributed by atoms with Crippen molar-refractivity contribution in [1.82, 2.24) is 0 Å². The summed E-state index contributed by atoms with van der Waals surface area (Å²) in [5.74, 6) is 0. The Morgan fingerprint density at radius 1 is 0.604 bits per heavy atom. The number of anilines is 4. The first-order valence-corrected chi connectivity index (χ1v) is 18.7. The molecule has 9 rings (SSSR count). The molecular weight excluding hydrogens is 641 g/mol. The largest absolute Gasteiger partial charge is 0.345 e. The van der Waals surface area contributed by atoms with Crippen LogP contribution in [0.25, 0.3) is 16.7 Å². The topological polar surface area (TPSA) is 6.48 Å². The van der Waals surface area contributed by atoms with Crippen molar-refractivity contribution in [1.29, 1.82) is 0 Å². The molecule has 0 spiro atoms. The summed E-state index contributed by atoms with van der Waals surface area (Å²) in [5.41, 5.74) is 16.0. The zero-order valence-corrected chi connectivity index (χ0v) is 30.1. The third-order valence-corrected chi connectivity index (χ3v) is 11.1. The van der Waals surface area contributed by atoms with Gasteiger partial charge in [-0.3, -0.25) is 0 Å². The highest BCUT2D eigenvalue weighted by Gasteiger charge is 2.46. The van der Waals surface area contributed by atoms with E-state index in [1.165, 1.54) is 61.5 Å². The molecule has 53 heavy (non-hydrogen) atoms. The van der Waals surface area contributed by atoms with Gasteiger partial charge in [0.15, 0.2) is 0 Å². The monoisotopic (exact) mass is 682 g/mol. The molecule has 0 aromatic heterocycles. The number of fused-ring (bicyclic) bond motifs is 4. The Hall–Kier alpha value is -6.38. The number of para-hydroxylation sites is 2. The van der Waals surface area contributed by atoms with Crippen molar-refractivity contribution in [3.05, 3.63) is 234 Å². The lowest BCUT2D eigenvalue weighted by molar-refractivity contribution is 0.767. The normalized spacial score (nSPS) is 17.3. The molecule has 1 aliphatic heterocycles. The molecule has 256 valence electrons. The second-order valence-electron chi connectivity index (χ2n) is 14.0. The molecule has 1 atom stereocenters. The second kappa shape index (κ2) is 14.0. The standard InChI is InChI=1S/C51H42N2/c1-52(43-32-30-39(31-33-43)38-18-16-36-53(44-23-10-5-11-24-44)50-27-15-12-17-40(50)29-28-38)45-34-35-47-46-25-13-14-26-48(46)51(49(47)37-45,42-21-8-4-9-22-42)41-19-6-2-3-7-20-41/h2,4-28,30-35,37H,3,29,36H2,1H3. The molecule has 1 unspecified atom stereocenters. The zero-order chi connectivity index (χ0) is 35.6. The predicted octanol–water partition coefficient (Wildman–Crippen LogP) is 12.5. The molecule has 2 aliphatic carbocycles. The highest BCUT2D eigenvalue weighted by molar-refractivity contribution is 5.89. The average molecular weight is 683 g/mol. The fourth-order valence-electron chi connectivity index (χ4n) is 8.49. The van der Waals surface area contributed by atoms with Gasteiger partial charge in [0, 0.05) is 36.3 Å². The molecule has 2 nitrogen and oxygen atoms in total. The van der Waals surface area contributed by atoms with Gasteiger partial charge >= 0.3 is 0 Å². The molecule has 3 aliphatic rings. The molecule has 2 heteroatoms. The van der Waals surface area contributed by atoms with Gasteiger partial charge in [-0.2, -0.15) is 0 Å². The number of nitrogens with zero attached hydrogens (tertiary/aromatic N) is 2. The van der Waals surface area contributed by atoms with Crippen molar-refractivity contribution in [3.8, 4) is 11.1 Å². The van der Waals surface area contributed by atoms with E-state index in [4.69, 9.17) is 0 Å². The van der Waals surface area contributed by atoms with Crippen LogP contribution < -0.4 is 9.80 Å². The molecule has 0 saturated carbocycles. The highest BCUT2D eigenvalue weighted by Crippen LogP contribution is 2.57. The minimum absolute atomic E-state index is 0.427. The maximum Gasteiger partial charge on any atom is 0.0714 e. The third kappa shape index (κ3) is 5.77. The summed E-state index contributed by atoms with van der Waals surface area (Å²) in [7, 11) is 2.19. The van der Waals surface area contributed by atoms with Crippen LogP contribution >= 0.6 is 0 Å². The Balaban J connectivity index is 1.07. The van der Waals surface area contributed by atoms with Crippen LogP contribution in [0.4, 0.5) is 22.7 Å². The summed E-state index contributed by atoms with van der Waals surface area (Å²) in [6.07, 6.45) is 20.1. The van der Waals surface area contributed by atoms with Gasteiger partial charge < -0.3 is 9.80 Å². The van der Waals surface area contributed by atoms with Crippen molar-refractivity contribution in [3.63, 3.8) is 0 Å². The zero-order valence-electron chi connectivity index (χ0n) is 30.1. The van der Waals surface area contributed by atoms with Gasteiger partial charge in [-0.05, 0) is 105 Å². The van der Waals surface area contributed by atoms with E-state index in [1.54, 1.807) is 0 Å². The van der Waals surface area contributed by atoms with E-state index < -0.39 is 5.41 Å². The smallest absolute Gasteiger partial charge is 0.0714 e. The van der Waals surface area contributed by atoms with Crippen LogP contribution in [0.1, 0.15) is 34.2 Å². The van der Waals surface area contributed by atoms with Gasteiger partial charge in [0.1, 0.15) is 0 Å². The Morgan fingerprint density at radius 2 is 1.32 bits per heavy atom. The average Bonchev–Trinajstić information content (AvgIpc) is 3.31. The summed E-state index contributed by atoms with van der Waals surface area (Å²) in [5, 5.41) is 0. The molecule has 0 radical (unpaired) electrons. The van der Waals surface area contributed by atoms with E-state index in [9.17, 15) is 0 Å². The SMILES string of the molecule is CN(c1ccc(C2=CCc3ccccc3N(c3ccccc3)CC=C2)cc1)c1ccc2c(c1)C(C1=CC=CCC=C1)(c1ccccc1)c1ccccc1-2. The molecule has 0 bridgehead atoms. The fourth-order valence-corrected chi connectivity index (χ4v) is 8.49. The third-order valence-electron chi connectivity index (χ3n) is 11.1. The summed E-state index contributed by atoms with van der Waals surface area (Å²) in [6, 6.07) is 55.6. The van der Waals surface area contributed by atoms with Gasteiger partial charge in [0.2, 0.25) is 0 Å². The molecule has 0 fully saturated rings. The Bertz CT molecular complexity index is 2430. The number of benzene rings is 6. The van der Waals surface area contributed by atoms with Crippen LogP contribution in [0.2, 0.25) is 0 Å². The lowest BCUT2D eigenvalue weighted by Crippen LogP contribution is -2.29. The van der Waals surface area contributed by atoms with Crippen LogP contribution in [-0.2, 0) is 11.8 Å². The van der Waals surface area contributed by atoms with Gasteiger partial charge in [-0.15, -0.1) is 0 Å². The minimum Gasteiger partial charge on any atom is -0.345 e. The maximum absolute atomic E-state index is 2.43. The first-order valence-electron chi connectivity index (χ1n) is 18.7. The van der Waals surface area contributed by atoms with E-state index in [1.807, 2.05) is 0 Å². The predicted molar refractivity (Wildman–Crippen MR) is 224 cm³/mol. The van der Waals surface area contributed by atoms with Crippen molar-refractivity contribution in [2.24, 2.45) is 0 Å². The van der Waals surface area contributed by atoms with Crippen molar-refractivity contribution < 1.29 is 0 Å². The molecular formula is C51H42N2.